The highest BCUT2D eigenvalue weighted by molar-refractivity contribution is 14.1. The summed E-state index contributed by atoms with van der Waals surface area (Å²) in [5.74, 6) is 0. The van der Waals surface area contributed by atoms with E-state index in [1.54, 1.807) is 6.33 Å². The number of imidazole rings is 1. The van der Waals surface area contributed by atoms with Crippen molar-refractivity contribution >= 4 is 22.6 Å². The molecule has 3 nitrogen and oxygen atoms in total. The highest BCUT2D eigenvalue weighted by Gasteiger charge is 2.00. The first-order chi connectivity index (χ1) is 8.25. The third kappa shape index (κ3) is 3.81. The molecule has 0 radical (unpaired) electrons. The van der Waals surface area contributed by atoms with E-state index in [1.807, 2.05) is 6.92 Å². The quantitative estimate of drug-likeness (QED) is 0.670. The van der Waals surface area contributed by atoms with Gasteiger partial charge in [0, 0.05) is 15.7 Å². The van der Waals surface area contributed by atoms with Crippen molar-refractivity contribution in [2.75, 3.05) is 6.61 Å². The van der Waals surface area contributed by atoms with Gasteiger partial charge in [-0.25, -0.2) is 4.98 Å². The van der Waals surface area contributed by atoms with E-state index in [0.717, 1.165) is 17.8 Å². The number of H-pyrrole nitrogens is 1. The number of aromatic nitrogens is 2. The molecule has 2 rings (SSSR count). The summed E-state index contributed by atoms with van der Waals surface area (Å²) < 4.78 is 6.88. The molecule has 0 unspecified atom stereocenters. The number of hydrogen-bond acceptors (Lipinski definition) is 2. The number of aromatic amines is 1. The molecule has 0 spiro atoms. The van der Waals surface area contributed by atoms with Crippen LogP contribution in [0, 0.1) is 10.5 Å². The monoisotopic (exact) mass is 342 g/mol. The number of ether oxygens (including phenoxy) is 1. The van der Waals surface area contributed by atoms with E-state index in [1.165, 1.54) is 9.13 Å². The lowest BCUT2D eigenvalue weighted by atomic mass is 10.2. The molecule has 0 saturated carbocycles. The molecule has 0 aliphatic rings. The van der Waals surface area contributed by atoms with Crippen LogP contribution in [0.3, 0.4) is 0 Å². The van der Waals surface area contributed by atoms with Crippen LogP contribution in [0.4, 0.5) is 0 Å². The molecular weight excluding hydrogens is 327 g/mol. The number of nitrogens with zero attached hydrogens (tertiary/aromatic N) is 1. The van der Waals surface area contributed by atoms with Gasteiger partial charge in [0.15, 0.2) is 0 Å². The van der Waals surface area contributed by atoms with Crippen LogP contribution < -0.4 is 0 Å². The van der Waals surface area contributed by atoms with E-state index >= 15 is 0 Å². The summed E-state index contributed by atoms with van der Waals surface area (Å²) in [6.07, 6.45) is 2.59. The third-order valence-electron chi connectivity index (χ3n) is 2.60. The molecule has 0 atom stereocenters. The molecule has 2 aromatic rings. The van der Waals surface area contributed by atoms with E-state index in [0.29, 0.717) is 13.2 Å². The number of halogens is 1. The fourth-order valence-corrected chi connectivity index (χ4v) is 1.94. The molecule has 0 aliphatic heterocycles. The van der Waals surface area contributed by atoms with Crippen molar-refractivity contribution in [1.29, 1.82) is 0 Å². The van der Waals surface area contributed by atoms with Gasteiger partial charge in [-0.2, -0.15) is 0 Å². The lowest BCUT2D eigenvalue weighted by molar-refractivity contribution is 0.123. The average molecular weight is 342 g/mol. The van der Waals surface area contributed by atoms with Gasteiger partial charge in [0.2, 0.25) is 0 Å². The van der Waals surface area contributed by atoms with Crippen LogP contribution in [0.25, 0.3) is 0 Å². The maximum absolute atomic E-state index is 5.63. The highest BCUT2D eigenvalue weighted by Crippen LogP contribution is 2.08. The van der Waals surface area contributed by atoms with E-state index in [4.69, 9.17) is 4.74 Å². The Bertz CT molecular complexity index is 465. The Labute approximate surface area is 115 Å². The summed E-state index contributed by atoms with van der Waals surface area (Å²) in [6.45, 7) is 3.40. The lowest BCUT2D eigenvalue weighted by Crippen LogP contribution is -2.00. The van der Waals surface area contributed by atoms with Crippen molar-refractivity contribution in [2.24, 2.45) is 0 Å². The normalized spacial score (nSPS) is 10.7. The van der Waals surface area contributed by atoms with Gasteiger partial charge in [-0.3, -0.25) is 0 Å². The van der Waals surface area contributed by atoms with Gasteiger partial charge in [0.05, 0.1) is 25.2 Å². The number of rotatable bonds is 5. The van der Waals surface area contributed by atoms with Crippen LogP contribution in [0.5, 0.6) is 0 Å². The van der Waals surface area contributed by atoms with Crippen molar-refractivity contribution in [2.45, 2.75) is 20.0 Å². The minimum atomic E-state index is 0.667. The summed E-state index contributed by atoms with van der Waals surface area (Å²) in [5.41, 5.74) is 3.43. The minimum Gasteiger partial charge on any atom is -0.376 e. The van der Waals surface area contributed by atoms with Crippen LogP contribution >= 0.6 is 22.6 Å². The molecule has 4 heteroatoms. The third-order valence-corrected chi connectivity index (χ3v) is 3.32. The van der Waals surface area contributed by atoms with E-state index in [2.05, 4.69) is 56.8 Å². The van der Waals surface area contributed by atoms with Crippen LogP contribution in [0.1, 0.15) is 17.0 Å². The van der Waals surface area contributed by atoms with Crippen LogP contribution in [0.2, 0.25) is 0 Å². The molecule has 0 amide bonds. The zero-order valence-electron chi connectivity index (χ0n) is 9.74. The van der Waals surface area contributed by atoms with Crippen molar-refractivity contribution in [3.05, 3.63) is 51.1 Å². The van der Waals surface area contributed by atoms with Crippen molar-refractivity contribution in [3.8, 4) is 0 Å². The van der Waals surface area contributed by atoms with Gasteiger partial charge in [-0.05, 0) is 47.2 Å². The van der Waals surface area contributed by atoms with E-state index < -0.39 is 0 Å². The fourth-order valence-electron chi connectivity index (χ4n) is 1.58. The summed E-state index contributed by atoms with van der Waals surface area (Å²) in [7, 11) is 0. The summed E-state index contributed by atoms with van der Waals surface area (Å²) in [4.78, 5) is 7.30. The standard InChI is InChI=1S/C13H15IN2O/c1-10-13(16-9-15-10)6-7-17-8-11-2-4-12(14)5-3-11/h2-5,9H,6-8H2,1H3,(H,15,16). The van der Waals surface area contributed by atoms with Gasteiger partial charge in [-0.1, -0.05) is 12.1 Å². The molecule has 90 valence electrons. The second-order valence-corrected chi connectivity index (χ2v) is 5.15. The van der Waals surface area contributed by atoms with Crippen LogP contribution in [-0.2, 0) is 17.8 Å². The second-order valence-electron chi connectivity index (χ2n) is 3.90. The molecular formula is C13H15IN2O. The molecule has 0 fully saturated rings. The maximum atomic E-state index is 5.63. The smallest absolute Gasteiger partial charge is 0.0925 e. The molecule has 1 aromatic carbocycles. The predicted octanol–water partition coefficient (Wildman–Crippen LogP) is 3.08. The first-order valence-electron chi connectivity index (χ1n) is 5.57. The van der Waals surface area contributed by atoms with Crippen LogP contribution in [0.15, 0.2) is 30.6 Å². The topological polar surface area (TPSA) is 37.9 Å². The zero-order valence-corrected chi connectivity index (χ0v) is 11.9. The summed E-state index contributed by atoms with van der Waals surface area (Å²) in [6, 6.07) is 8.39. The fraction of sp³-hybridized carbons (Fsp3) is 0.308. The van der Waals surface area contributed by atoms with Gasteiger partial charge in [0.1, 0.15) is 0 Å². The Hall–Kier alpha value is -0.880. The van der Waals surface area contributed by atoms with Crippen molar-refractivity contribution in [1.82, 2.24) is 9.97 Å². The van der Waals surface area contributed by atoms with Crippen LogP contribution in [-0.4, -0.2) is 16.6 Å². The van der Waals surface area contributed by atoms with Gasteiger partial charge in [0.25, 0.3) is 0 Å². The number of hydrogen-bond donors (Lipinski definition) is 1. The molecule has 0 saturated heterocycles. The summed E-state index contributed by atoms with van der Waals surface area (Å²) in [5, 5.41) is 0. The summed E-state index contributed by atoms with van der Waals surface area (Å²) >= 11 is 2.30. The van der Waals surface area contributed by atoms with E-state index in [-0.39, 0.29) is 0 Å². The van der Waals surface area contributed by atoms with Gasteiger partial charge >= 0.3 is 0 Å². The molecule has 1 aromatic heterocycles. The van der Waals surface area contributed by atoms with Gasteiger partial charge in [-0.15, -0.1) is 0 Å². The minimum absolute atomic E-state index is 0.667. The molecule has 0 bridgehead atoms. The molecule has 1 heterocycles. The number of nitrogens with one attached hydrogen (secondary N) is 1. The largest absolute Gasteiger partial charge is 0.376 e. The zero-order chi connectivity index (χ0) is 12.1. The molecule has 1 N–H and O–H groups in total. The average Bonchev–Trinajstić information content (AvgIpc) is 2.73. The first-order valence-corrected chi connectivity index (χ1v) is 6.64. The SMILES string of the molecule is Cc1[nH]cnc1CCOCc1ccc(I)cc1. The molecule has 0 aliphatic carbocycles. The lowest BCUT2D eigenvalue weighted by Gasteiger charge is -2.04. The highest BCUT2D eigenvalue weighted by atomic mass is 127. The number of benzene rings is 1. The second kappa shape index (κ2) is 6.16. The first kappa shape index (κ1) is 12.6. The van der Waals surface area contributed by atoms with Crippen molar-refractivity contribution in [3.63, 3.8) is 0 Å². The predicted molar refractivity (Wildman–Crippen MR) is 75.8 cm³/mol. The molecule has 17 heavy (non-hydrogen) atoms. The Balaban J connectivity index is 1.73. The Morgan fingerprint density at radius 1 is 1.29 bits per heavy atom. The van der Waals surface area contributed by atoms with Crippen molar-refractivity contribution < 1.29 is 4.74 Å². The number of aryl methyl sites for hydroxylation is 1. The van der Waals surface area contributed by atoms with Gasteiger partial charge < -0.3 is 9.72 Å². The Morgan fingerprint density at radius 3 is 2.71 bits per heavy atom. The maximum Gasteiger partial charge on any atom is 0.0925 e. The Kier molecular flexibility index (Phi) is 4.56. The van der Waals surface area contributed by atoms with E-state index in [9.17, 15) is 0 Å². The Morgan fingerprint density at radius 2 is 2.06 bits per heavy atom.